The Kier molecular flexibility index (Phi) is 5.82. The number of halogens is 3. The van der Waals surface area contributed by atoms with Crippen LogP contribution in [0.15, 0.2) is 46.1 Å². The molecule has 0 atom stereocenters. The van der Waals surface area contributed by atoms with Crippen molar-refractivity contribution in [2.24, 2.45) is 0 Å². The van der Waals surface area contributed by atoms with Gasteiger partial charge >= 0.3 is 0 Å². The molecule has 0 saturated carbocycles. The summed E-state index contributed by atoms with van der Waals surface area (Å²) < 4.78 is 40.3. The molecule has 11 heteroatoms. The van der Waals surface area contributed by atoms with Crippen LogP contribution < -0.4 is 5.56 Å². The van der Waals surface area contributed by atoms with Crippen molar-refractivity contribution in [1.29, 1.82) is 0 Å². The van der Waals surface area contributed by atoms with Crippen molar-refractivity contribution in [3.05, 3.63) is 68.4 Å². The second-order valence-electron chi connectivity index (χ2n) is 6.93. The Morgan fingerprint density at radius 3 is 2.50 bits per heavy atom. The van der Waals surface area contributed by atoms with Gasteiger partial charge in [0.05, 0.1) is 27.4 Å². The lowest BCUT2D eigenvalue weighted by Gasteiger charge is -2.33. The van der Waals surface area contributed by atoms with Crippen LogP contribution in [0.1, 0.15) is 5.82 Å². The first-order chi connectivity index (χ1) is 14.2. The molecule has 1 aromatic heterocycles. The molecule has 0 amide bonds. The number of nitrogens with one attached hydrogen (secondary N) is 1. The lowest BCUT2D eigenvalue weighted by Crippen LogP contribution is -2.48. The van der Waals surface area contributed by atoms with Crippen molar-refractivity contribution in [2.45, 2.75) is 11.4 Å². The van der Waals surface area contributed by atoms with E-state index >= 15 is 0 Å². The summed E-state index contributed by atoms with van der Waals surface area (Å²) in [5, 5.41) is 0.712. The topological polar surface area (TPSA) is 86.4 Å². The van der Waals surface area contributed by atoms with Gasteiger partial charge in [-0.1, -0.05) is 23.2 Å². The van der Waals surface area contributed by atoms with Crippen LogP contribution in [-0.2, 0) is 16.6 Å². The van der Waals surface area contributed by atoms with E-state index in [1.54, 1.807) is 18.2 Å². The fourth-order valence-corrected chi connectivity index (χ4v) is 5.22. The van der Waals surface area contributed by atoms with Crippen LogP contribution in [-0.4, -0.2) is 53.8 Å². The summed E-state index contributed by atoms with van der Waals surface area (Å²) in [5.74, 6) is -0.185. The minimum absolute atomic E-state index is 0.0419. The number of rotatable bonds is 4. The predicted octanol–water partition coefficient (Wildman–Crippen LogP) is 2.88. The molecule has 2 heterocycles. The molecule has 2 aromatic carbocycles. The first-order valence-electron chi connectivity index (χ1n) is 9.10. The van der Waals surface area contributed by atoms with E-state index in [1.165, 1.54) is 10.4 Å². The van der Waals surface area contributed by atoms with Gasteiger partial charge < -0.3 is 4.98 Å². The predicted molar refractivity (Wildman–Crippen MR) is 113 cm³/mol. The second kappa shape index (κ2) is 8.24. The third kappa shape index (κ3) is 4.21. The molecule has 1 aliphatic rings. The molecule has 0 bridgehead atoms. The van der Waals surface area contributed by atoms with Crippen LogP contribution in [0.25, 0.3) is 10.9 Å². The molecular weight excluding hydrogens is 454 g/mol. The quantitative estimate of drug-likeness (QED) is 0.633. The zero-order valence-corrected chi connectivity index (χ0v) is 17.9. The van der Waals surface area contributed by atoms with Crippen molar-refractivity contribution < 1.29 is 12.8 Å². The maximum atomic E-state index is 13.3. The Hall–Kier alpha value is -2.04. The zero-order chi connectivity index (χ0) is 21.5. The van der Waals surface area contributed by atoms with Crippen molar-refractivity contribution >= 4 is 44.1 Å². The first kappa shape index (κ1) is 21.2. The lowest BCUT2D eigenvalue weighted by molar-refractivity contribution is 0.178. The van der Waals surface area contributed by atoms with Crippen molar-refractivity contribution in [3.8, 4) is 0 Å². The number of aromatic amines is 1. The maximum absolute atomic E-state index is 13.3. The average molecular weight is 471 g/mol. The molecule has 1 N–H and O–H groups in total. The largest absolute Gasteiger partial charge is 0.309 e. The van der Waals surface area contributed by atoms with Gasteiger partial charge in [-0.2, -0.15) is 4.31 Å². The number of benzene rings is 2. The Labute approximate surface area is 182 Å². The summed E-state index contributed by atoms with van der Waals surface area (Å²) >= 11 is 11.7. The van der Waals surface area contributed by atoms with Gasteiger partial charge in [-0.15, -0.1) is 0 Å². The highest BCUT2D eigenvalue weighted by Crippen LogP contribution is 2.23. The Morgan fingerprint density at radius 1 is 1.07 bits per heavy atom. The van der Waals surface area contributed by atoms with Crippen LogP contribution in [0.2, 0.25) is 10.0 Å². The Balaban J connectivity index is 1.46. The van der Waals surface area contributed by atoms with E-state index in [9.17, 15) is 17.6 Å². The van der Waals surface area contributed by atoms with E-state index in [1.807, 2.05) is 4.90 Å². The number of fused-ring (bicyclic) bond motifs is 1. The SMILES string of the molecule is O=c1[nH]c(CN2CCN(S(=O)(=O)c3ccc(F)c(Cl)c3)CC2)nc2cc(Cl)ccc12. The highest BCUT2D eigenvalue weighted by Gasteiger charge is 2.29. The summed E-state index contributed by atoms with van der Waals surface area (Å²) in [7, 11) is -3.77. The molecule has 1 saturated heterocycles. The molecule has 0 radical (unpaired) electrons. The number of H-pyrrole nitrogens is 1. The summed E-state index contributed by atoms with van der Waals surface area (Å²) in [5.41, 5.74) is 0.261. The van der Waals surface area contributed by atoms with Crippen LogP contribution in [0.3, 0.4) is 0 Å². The third-order valence-electron chi connectivity index (χ3n) is 4.95. The Bertz CT molecular complexity index is 1270. The number of sulfonamides is 1. The standard InChI is InChI=1S/C19H17Cl2FN4O3S/c20-12-1-3-14-17(9-12)23-18(24-19(14)27)11-25-5-7-26(8-6-25)30(28,29)13-2-4-16(22)15(21)10-13/h1-4,9-10H,5-8,11H2,(H,23,24,27). The Morgan fingerprint density at radius 2 is 1.80 bits per heavy atom. The molecule has 1 aliphatic heterocycles. The number of piperazine rings is 1. The number of hydrogen-bond donors (Lipinski definition) is 1. The van der Waals surface area contributed by atoms with E-state index in [-0.39, 0.29) is 28.6 Å². The summed E-state index contributed by atoms with van der Waals surface area (Å²) in [6, 6.07) is 8.26. The van der Waals surface area contributed by atoms with Crippen molar-refractivity contribution in [3.63, 3.8) is 0 Å². The van der Waals surface area contributed by atoms with Gasteiger partial charge in [-0.3, -0.25) is 9.69 Å². The fourth-order valence-electron chi connectivity index (χ4n) is 3.36. The molecule has 158 valence electrons. The van der Waals surface area contributed by atoms with E-state index in [4.69, 9.17) is 23.2 Å². The van der Waals surface area contributed by atoms with E-state index in [0.29, 0.717) is 41.4 Å². The maximum Gasteiger partial charge on any atom is 0.258 e. The molecule has 1 fully saturated rings. The van der Waals surface area contributed by atoms with Gasteiger partial charge in [-0.25, -0.2) is 17.8 Å². The highest BCUT2D eigenvalue weighted by atomic mass is 35.5. The minimum Gasteiger partial charge on any atom is -0.309 e. The van der Waals surface area contributed by atoms with Gasteiger partial charge in [-0.05, 0) is 36.4 Å². The monoisotopic (exact) mass is 470 g/mol. The van der Waals surface area contributed by atoms with Gasteiger partial charge in [0.15, 0.2) is 0 Å². The second-order valence-corrected chi connectivity index (χ2v) is 9.71. The van der Waals surface area contributed by atoms with E-state index in [2.05, 4.69) is 9.97 Å². The number of nitrogens with zero attached hydrogens (tertiary/aromatic N) is 3. The third-order valence-corrected chi connectivity index (χ3v) is 7.37. The van der Waals surface area contributed by atoms with E-state index in [0.717, 1.165) is 12.1 Å². The smallest absolute Gasteiger partial charge is 0.258 e. The summed E-state index contributed by atoms with van der Waals surface area (Å²) in [6.07, 6.45) is 0. The molecular formula is C19H17Cl2FN4O3S. The minimum atomic E-state index is -3.77. The average Bonchev–Trinajstić information content (AvgIpc) is 2.70. The number of hydrogen-bond acceptors (Lipinski definition) is 5. The molecule has 0 spiro atoms. The normalized spacial score (nSPS) is 16.2. The lowest BCUT2D eigenvalue weighted by atomic mass is 10.2. The molecule has 0 unspecified atom stereocenters. The first-order valence-corrected chi connectivity index (χ1v) is 11.3. The zero-order valence-electron chi connectivity index (χ0n) is 15.6. The molecule has 7 nitrogen and oxygen atoms in total. The van der Waals surface area contributed by atoms with Crippen molar-refractivity contribution in [2.75, 3.05) is 26.2 Å². The summed E-state index contributed by atoms with van der Waals surface area (Å²) in [4.78, 5) is 21.4. The fraction of sp³-hybridized carbons (Fsp3) is 0.263. The van der Waals surface area contributed by atoms with Crippen LogP contribution in [0.4, 0.5) is 4.39 Å². The van der Waals surface area contributed by atoms with Gasteiger partial charge in [0, 0.05) is 31.2 Å². The highest BCUT2D eigenvalue weighted by molar-refractivity contribution is 7.89. The number of aromatic nitrogens is 2. The molecule has 3 aromatic rings. The van der Waals surface area contributed by atoms with Crippen LogP contribution >= 0.6 is 23.2 Å². The van der Waals surface area contributed by atoms with Gasteiger partial charge in [0.25, 0.3) is 5.56 Å². The van der Waals surface area contributed by atoms with Crippen LogP contribution in [0.5, 0.6) is 0 Å². The molecule has 0 aliphatic carbocycles. The van der Waals surface area contributed by atoms with Crippen molar-refractivity contribution in [1.82, 2.24) is 19.2 Å². The van der Waals surface area contributed by atoms with Crippen LogP contribution in [0, 0.1) is 5.82 Å². The van der Waals surface area contributed by atoms with Gasteiger partial charge in [0.2, 0.25) is 10.0 Å². The molecule has 4 rings (SSSR count). The molecule has 30 heavy (non-hydrogen) atoms. The van der Waals surface area contributed by atoms with E-state index < -0.39 is 15.8 Å². The van der Waals surface area contributed by atoms with Gasteiger partial charge in [0.1, 0.15) is 11.6 Å². The summed E-state index contributed by atoms with van der Waals surface area (Å²) in [6.45, 7) is 1.77.